The van der Waals surface area contributed by atoms with Crippen LogP contribution in [0, 0.1) is 0 Å². The fraction of sp³-hybridized carbons (Fsp3) is 0.357. The summed E-state index contributed by atoms with van der Waals surface area (Å²) in [6, 6.07) is 17.9. The number of hydrogen-bond donors (Lipinski definition) is 10. The Kier molecular flexibility index (Phi) is 20.7. The maximum absolute atomic E-state index is 13.4. The lowest BCUT2D eigenvalue weighted by molar-refractivity contribution is -0.437. The molecular weight excluding hydrogens is 1270 g/mol. The Hall–Kier alpha value is -6.37. The molecule has 1 saturated heterocycles. The lowest BCUT2D eigenvalue weighted by atomic mass is 9.75. The first-order valence-electron chi connectivity index (χ1n) is 27.5. The van der Waals surface area contributed by atoms with Gasteiger partial charge in [-0.3, -0.25) is 32.8 Å². The Bertz CT molecular complexity index is 4170. The quantitative estimate of drug-likeness (QED) is 0.0157. The van der Waals surface area contributed by atoms with Crippen LogP contribution in [-0.4, -0.2) is 137 Å². The summed E-state index contributed by atoms with van der Waals surface area (Å²) < 4.78 is 130. The van der Waals surface area contributed by atoms with E-state index in [-0.39, 0.29) is 49.9 Å². The molecule has 4 aliphatic heterocycles. The molecule has 0 radical (unpaired) electrons. The molecule has 28 nitrogen and oxygen atoms in total. The zero-order valence-electron chi connectivity index (χ0n) is 48.4. The van der Waals surface area contributed by atoms with Crippen molar-refractivity contribution in [3.05, 3.63) is 164 Å². The minimum atomic E-state index is -5.90. The van der Waals surface area contributed by atoms with E-state index in [4.69, 9.17) is 19.3 Å². The number of aromatic amines is 1. The maximum atomic E-state index is 13.4. The average Bonchev–Trinajstić information content (AvgIpc) is 1.73. The van der Waals surface area contributed by atoms with E-state index < -0.39 is 108 Å². The van der Waals surface area contributed by atoms with Crippen molar-refractivity contribution in [3.8, 4) is 5.75 Å². The number of nitrogens with zero attached hydrogens (tertiary/aromatic N) is 3. The van der Waals surface area contributed by atoms with Crippen LogP contribution in [0.25, 0.3) is 23.0 Å². The van der Waals surface area contributed by atoms with Crippen LogP contribution in [0.1, 0.15) is 94.3 Å². The molecule has 0 aliphatic carbocycles. The zero-order valence-corrected chi connectivity index (χ0v) is 52.7. The van der Waals surface area contributed by atoms with E-state index >= 15 is 0 Å². The van der Waals surface area contributed by atoms with Crippen LogP contribution in [-0.2, 0) is 62.0 Å². The van der Waals surface area contributed by atoms with Gasteiger partial charge in [-0.2, -0.15) is 30.0 Å². The number of likely N-dealkylation sites (N-methyl/N-ethyl adjacent to an activating group) is 1. The number of rotatable bonds is 25. The molecule has 1 aromatic heterocycles. The summed E-state index contributed by atoms with van der Waals surface area (Å²) in [5.41, 5.74) is 3.70. The van der Waals surface area contributed by atoms with E-state index in [1.807, 2.05) is 60.5 Å². The zero-order chi connectivity index (χ0) is 65.2. The summed E-state index contributed by atoms with van der Waals surface area (Å²) in [7, 11) is -26.4. The largest absolute Gasteiger partial charge is 0.490 e. The number of aliphatic hydroxyl groups is 2. The molecule has 89 heavy (non-hydrogen) atoms. The number of carbonyl (C=O) groups excluding carboxylic acids is 1. The molecule has 3 unspecified atom stereocenters. The fourth-order valence-corrected chi connectivity index (χ4v) is 15.2. The van der Waals surface area contributed by atoms with Gasteiger partial charge >= 0.3 is 29.2 Å². The second kappa shape index (κ2) is 26.8. The first-order chi connectivity index (χ1) is 41.5. The lowest BCUT2D eigenvalue weighted by Crippen LogP contribution is -2.44. The Labute approximate surface area is 511 Å². The smallest absolute Gasteiger partial charge is 0.456 e. The SMILES string of the molecule is CCN1c2cc3c(cc2C(C)=CC1(C)C)C(=CC=CC=CC1=[N+](CCCS(=O)(=O)O)c2ccc(S(=O)(=O)O)cc2C1(C)CCCC(=O)NC/C=C/c1cn([C@@H]2O[C@H](COP(=O)(O)OP(=O)(O)OP(=O)(O)O)[C@@H](O)[C@H]2O)c(=O)[nH]c1=O)C=C(c1ccccc1)O3. The van der Waals surface area contributed by atoms with Gasteiger partial charge < -0.3 is 49.5 Å². The molecule has 5 heterocycles. The molecule has 1 fully saturated rings. The number of phosphoric acid groups is 3. The molecule has 8 rings (SSSR count). The van der Waals surface area contributed by atoms with Crippen molar-refractivity contribution >= 4 is 89.7 Å². The average molecular weight is 1340 g/mol. The molecule has 3 aromatic carbocycles. The van der Waals surface area contributed by atoms with E-state index in [1.54, 1.807) is 22.8 Å². The first kappa shape index (κ1) is 68.5. The van der Waals surface area contributed by atoms with Gasteiger partial charge in [-0.25, -0.2) is 18.5 Å². The van der Waals surface area contributed by atoms with Crippen molar-refractivity contribution in [2.45, 2.75) is 101 Å². The number of hydrogen-bond acceptors (Lipinski definition) is 18. The topological polar surface area (TPSA) is 418 Å². The van der Waals surface area contributed by atoms with E-state index in [9.17, 15) is 74.0 Å². The number of carbonyl (C=O) groups is 1. The van der Waals surface area contributed by atoms with Gasteiger partial charge in [-0.1, -0.05) is 72.9 Å². The lowest BCUT2D eigenvalue weighted by Gasteiger charge is -2.43. The van der Waals surface area contributed by atoms with Gasteiger partial charge in [-0.05, 0) is 82.9 Å². The molecule has 0 bridgehead atoms. The third-order valence-electron chi connectivity index (χ3n) is 15.0. The number of amides is 1. The molecule has 4 aliphatic rings. The number of aliphatic hydroxyl groups excluding tert-OH is 2. The van der Waals surface area contributed by atoms with Crippen LogP contribution < -0.4 is 26.2 Å². The molecule has 10 N–H and O–H groups in total. The molecular formula is C56H67N5O23P3S2+. The number of nitrogens with one attached hydrogen (secondary N) is 2. The molecule has 0 spiro atoms. The van der Waals surface area contributed by atoms with E-state index in [1.165, 1.54) is 30.4 Å². The van der Waals surface area contributed by atoms with Crippen LogP contribution in [0.15, 0.2) is 130 Å². The number of H-pyrrole nitrogens is 1. The number of phosphoric ester groups is 1. The van der Waals surface area contributed by atoms with Gasteiger partial charge in [0, 0.05) is 78.3 Å². The predicted octanol–water partition coefficient (Wildman–Crippen LogP) is 6.03. The fourth-order valence-electron chi connectivity index (χ4n) is 11.1. The van der Waals surface area contributed by atoms with Gasteiger partial charge in [0.05, 0.1) is 33.8 Å². The molecule has 4 aromatic rings. The standard InChI is InChI=1S/C56H66N5O23P3S2/c1-6-61-44-31-46-41(30-40(44)35(2)32-55(61,3)4)37(28-45(81-46)36-16-9-7-10-17-36)18-11-8-12-20-48-56(5,42-29-39(89(77,78)79)22-23-43(42)59(48)26-15-27-88(74,75)76)24-13-21-49(62)57-25-14-19-38-33-60(54(66)58-52(38)65)53-51(64)50(63)47(82-53)34-80-86(70,71)84-87(72,73)83-85(67,68)69/h7-12,14,16-20,22-23,28-33,47,50-51,53,63-64H,6,13,15,21,24-27,34H2,1-5H3,(H7-,57,58,62,65,66,67,68,69,70,71,72,73,74,75,76,77,78,79)/p+1/b19-14+/t47-,50-,51-,53-,56?/m1/s1. The van der Waals surface area contributed by atoms with Crippen molar-refractivity contribution in [3.63, 3.8) is 0 Å². The van der Waals surface area contributed by atoms with Crippen LogP contribution >= 0.6 is 23.5 Å². The van der Waals surface area contributed by atoms with Gasteiger partial charge in [-0.15, -0.1) is 0 Å². The molecule has 33 heteroatoms. The summed E-state index contributed by atoms with van der Waals surface area (Å²) in [6.45, 7) is 9.81. The number of benzene rings is 3. The number of allylic oxidation sites excluding steroid dienone is 8. The van der Waals surface area contributed by atoms with Gasteiger partial charge in [0.1, 0.15) is 36.4 Å². The Morgan fingerprint density at radius 1 is 0.888 bits per heavy atom. The number of aromatic nitrogens is 2. The second-order valence-corrected chi connectivity index (χ2v) is 29.3. The van der Waals surface area contributed by atoms with Crippen LogP contribution in [0.5, 0.6) is 5.75 Å². The molecule has 0 saturated carbocycles. The highest BCUT2D eigenvalue weighted by Gasteiger charge is 2.49. The van der Waals surface area contributed by atoms with Gasteiger partial charge in [0.25, 0.3) is 25.8 Å². The van der Waals surface area contributed by atoms with Crippen LogP contribution in [0.4, 0.5) is 11.4 Å². The maximum Gasteiger partial charge on any atom is 0.490 e. The summed E-state index contributed by atoms with van der Waals surface area (Å²) in [5, 5.41) is 24.0. The minimum absolute atomic E-state index is 0.0427. The summed E-state index contributed by atoms with van der Waals surface area (Å²) >= 11 is 0. The molecule has 480 valence electrons. The first-order valence-corrected chi connectivity index (χ1v) is 35.0. The van der Waals surface area contributed by atoms with E-state index in [2.05, 4.69) is 69.3 Å². The van der Waals surface area contributed by atoms with Crippen LogP contribution in [0.3, 0.4) is 0 Å². The highest BCUT2D eigenvalue weighted by atomic mass is 32.2. The third kappa shape index (κ3) is 16.6. The monoisotopic (exact) mass is 1330 g/mol. The van der Waals surface area contributed by atoms with Crippen molar-refractivity contribution in [2.75, 3.05) is 36.9 Å². The van der Waals surface area contributed by atoms with Crippen molar-refractivity contribution < 1.29 is 101 Å². The van der Waals surface area contributed by atoms with Crippen molar-refractivity contribution in [1.82, 2.24) is 14.9 Å². The normalized spacial score (nSPS) is 22.8. The predicted molar refractivity (Wildman–Crippen MR) is 326 cm³/mol. The number of fused-ring (bicyclic) bond motifs is 3. The third-order valence-corrected chi connectivity index (χ3v) is 20.5. The number of ether oxygens (including phenoxy) is 2. The Balaban J connectivity index is 0.997. The number of anilines is 1. The van der Waals surface area contributed by atoms with Gasteiger partial charge in [0.2, 0.25) is 11.6 Å². The Morgan fingerprint density at radius 2 is 1.61 bits per heavy atom. The highest BCUT2D eigenvalue weighted by Crippen LogP contribution is 2.66. The molecule has 1 amide bonds. The summed E-state index contributed by atoms with van der Waals surface area (Å²) in [6.07, 6.45) is 9.53. The van der Waals surface area contributed by atoms with Crippen LogP contribution in [0.2, 0.25) is 0 Å². The minimum Gasteiger partial charge on any atom is -0.456 e. The van der Waals surface area contributed by atoms with Gasteiger partial charge in [0.15, 0.2) is 11.9 Å². The van der Waals surface area contributed by atoms with E-state index in [0.717, 1.165) is 46.3 Å². The summed E-state index contributed by atoms with van der Waals surface area (Å²) in [4.78, 5) is 79.8. The van der Waals surface area contributed by atoms with Crippen molar-refractivity contribution in [1.29, 1.82) is 0 Å². The Morgan fingerprint density at radius 3 is 2.28 bits per heavy atom. The summed E-state index contributed by atoms with van der Waals surface area (Å²) in [5.74, 6) is 0.257. The highest BCUT2D eigenvalue weighted by molar-refractivity contribution is 7.86. The van der Waals surface area contributed by atoms with E-state index in [0.29, 0.717) is 33.0 Å². The molecule has 7 atom stereocenters. The second-order valence-electron chi connectivity index (χ2n) is 21.8. The van der Waals surface area contributed by atoms with Crippen molar-refractivity contribution in [2.24, 2.45) is 0 Å².